The van der Waals surface area contributed by atoms with Crippen molar-refractivity contribution in [3.63, 3.8) is 0 Å². The Labute approximate surface area is 216 Å². The summed E-state index contributed by atoms with van der Waals surface area (Å²) in [5, 5.41) is 10.6. The van der Waals surface area contributed by atoms with E-state index in [1.807, 2.05) is 51.1 Å². The molecule has 0 fully saturated rings. The number of anilines is 1. The minimum Gasteiger partial charge on any atom is -0.487 e. The van der Waals surface area contributed by atoms with Crippen LogP contribution < -0.4 is 9.04 Å². The molecule has 0 amide bonds. The van der Waals surface area contributed by atoms with Crippen LogP contribution in [0, 0.1) is 13.8 Å². The second kappa shape index (κ2) is 10.4. The number of sulfonamides is 1. The Bertz CT molecular complexity index is 1420. The summed E-state index contributed by atoms with van der Waals surface area (Å²) in [6, 6.07) is 9.24. The van der Waals surface area contributed by atoms with Crippen LogP contribution in [0.1, 0.15) is 53.8 Å². The molecule has 0 atom stereocenters. The highest BCUT2D eigenvalue weighted by atomic mass is 32.2. The number of benzene rings is 2. The topological polar surface area (TPSA) is 96.8 Å². The number of aryl methyl sites for hydroxylation is 4. The van der Waals surface area contributed by atoms with E-state index >= 15 is 0 Å². The Balaban J connectivity index is 1.70. The average molecular weight is 527 g/mol. The number of thiazole rings is 1. The second-order valence-electron chi connectivity index (χ2n) is 9.24. The van der Waals surface area contributed by atoms with Gasteiger partial charge in [0.1, 0.15) is 12.4 Å². The molecule has 9 heteroatoms. The lowest BCUT2D eigenvalue weighted by Crippen LogP contribution is -2.37. The van der Waals surface area contributed by atoms with Crippen LogP contribution in [0.15, 0.2) is 46.1 Å². The number of ether oxygens (including phenoxy) is 1. The van der Waals surface area contributed by atoms with Crippen LogP contribution in [0.5, 0.6) is 5.75 Å². The number of nitrogens with zero attached hydrogens (tertiary/aromatic N) is 2. The van der Waals surface area contributed by atoms with Crippen LogP contribution in [0.3, 0.4) is 0 Å². The van der Waals surface area contributed by atoms with Crippen molar-refractivity contribution in [1.82, 2.24) is 4.98 Å². The van der Waals surface area contributed by atoms with Crippen molar-refractivity contribution in [2.24, 2.45) is 0 Å². The first-order chi connectivity index (χ1) is 17.1. The number of fused-ring (bicyclic) bond motifs is 1. The molecule has 1 aliphatic carbocycles. The van der Waals surface area contributed by atoms with Crippen molar-refractivity contribution >= 4 is 39.1 Å². The lowest BCUT2D eigenvalue weighted by Gasteiger charge is -2.29. The largest absolute Gasteiger partial charge is 0.487 e. The average Bonchev–Trinajstić information content (AvgIpc) is 3.45. The molecule has 1 heterocycles. The molecule has 2 aromatic carbocycles. The fourth-order valence-corrected chi connectivity index (χ4v) is 7.18. The van der Waals surface area contributed by atoms with E-state index in [-0.39, 0.29) is 17.0 Å². The Morgan fingerprint density at radius 2 is 1.92 bits per heavy atom. The van der Waals surface area contributed by atoms with Crippen LogP contribution in [-0.2, 0) is 34.3 Å². The molecule has 3 aromatic rings. The summed E-state index contributed by atoms with van der Waals surface area (Å²) in [5.41, 5.74) is 6.21. The molecular formula is C27H30N2O5S2. The predicted octanol–water partition coefficient (Wildman–Crippen LogP) is 5.53. The zero-order valence-electron chi connectivity index (χ0n) is 20.8. The van der Waals surface area contributed by atoms with Crippen molar-refractivity contribution in [1.29, 1.82) is 0 Å². The number of carboxylic acid groups (broad SMARTS) is 1. The number of aromatic nitrogens is 1. The molecule has 0 unspecified atom stereocenters. The van der Waals surface area contributed by atoms with E-state index < -0.39 is 16.0 Å². The van der Waals surface area contributed by atoms with Crippen molar-refractivity contribution in [2.45, 2.75) is 63.9 Å². The van der Waals surface area contributed by atoms with E-state index in [1.54, 1.807) is 18.4 Å². The summed E-state index contributed by atoms with van der Waals surface area (Å²) in [6.45, 7) is 7.67. The SMILES string of the molecule is Cc1csc(S(=O)(=O)N(c2cc3c(cc2OCc2ccc(/C=C/C(=O)O)cc2C)CCC3)C(C)C)n1. The van der Waals surface area contributed by atoms with Crippen LogP contribution in [0.25, 0.3) is 6.08 Å². The van der Waals surface area contributed by atoms with Gasteiger partial charge in [-0.2, -0.15) is 8.42 Å². The van der Waals surface area contributed by atoms with Gasteiger partial charge in [0.05, 0.1) is 5.69 Å². The number of aliphatic carboxylic acids is 1. The molecule has 0 spiro atoms. The maximum atomic E-state index is 13.7. The van der Waals surface area contributed by atoms with Crippen molar-refractivity contribution < 1.29 is 23.1 Å². The summed E-state index contributed by atoms with van der Waals surface area (Å²) in [5.74, 6) is -0.475. The molecule has 0 aliphatic heterocycles. The maximum Gasteiger partial charge on any atom is 0.328 e. The summed E-state index contributed by atoms with van der Waals surface area (Å²) < 4.78 is 35.2. The van der Waals surface area contributed by atoms with Gasteiger partial charge in [0.2, 0.25) is 4.34 Å². The zero-order valence-corrected chi connectivity index (χ0v) is 22.4. The van der Waals surface area contributed by atoms with Gasteiger partial charge in [0, 0.05) is 23.2 Å². The van der Waals surface area contributed by atoms with Crippen LogP contribution in [0.2, 0.25) is 0 Å². The predicted molar refractivity (Wildman–Crippen MR) is 142 cm³/mol. The molecule has 1 aliphatic rings. The lowest BCUT2D eigenvalue weighted by molar-refractivity contribution is -0.131. The molecule has 0 radical (unpaired) electrons. The fourth-order valence-electron chi connectivity index (χ4n) is 4.40. The molecule has 4 rings (SSSR count). The van der Waals surface area contributed by atoms with Crippen LogP contribution in [0.4, 0.5) is 5.69 Å². The van der Waals surface area contributed by atoms with E-state index in [1.165, 1.54) is 9.87 Å². The van der Waals surface area contributed by atoms with E-state index in [0.717, 1.165) is 58.9 Å². The number of hydrogen-bond acceptors (Lipinski definition) is 6. The maximum absolute atomic E-state index is 13.7. The summed E-state index contributed by atoms with van der Waals surface area (Å²) in [4.78, 5) is 15.1. The minimum absolute atomic E-state index is 0.0704. The standard InChI is InChI=1S/C27H30N2O5S2/c1-17(2)29(36(32,33)27-28-19(4)16-35-27)24-13-21-6-5-7-22(21)14-25(24)34-15-23-10-8-20(12-18(23)3)9-11-26(30)31/h8-14,16-17H,5-7,15H2,1-4H3,(H,30,31)/b11-9+. The van der Waals surface area contributed by atoms with Crippen molar-refractivity contribution in [2.75, 3.05) is 4.31 Å². The molecule has 36 heavy (non-hydrogen) atoms. The summed E-state index contributed by atoms with van der Waals surface area (Å²) in [6.07, 6.45) is 5.53. The quantitative estimate of drug-likeness (QED) is 0.368. The molecule has 1 N–H and O–H groups in total. The normalized spacial score (nSPS) is 13.4. The van der Waals surface area contributed by atoms with Gasteiger partial charge in [-0.15, -0.1) is 11.3 Å². The molecule has 190 valence electrons. The van der Waals surface area contributed by atoms with Crippen LogP contribution in [-0.4, -0.2) is 30.5 Å². The Kier molecular flexibility index (Phi) is 7.51. The van der Waals surface area contributed by atoms with Gasteiger partial charge in [0.25, 0.3) is 10.0 Å². The van der Waals surface area contributed by atoms with Crippen molar-refractivity contribution in [3.8, 4) is 5.75 Å². The number of hydrogen-bond donors (Lipinski definition) is 1. The van der Waals surface area contributed by atoms with Gasteiger partial charge in [-0.1, -0.05) is 18.2 Å². The first-order valence-electron chi connectivity index (χ1n) is 11.8. The third-order valence-electron chi connectivity index (χ3n) is 6.13. The van der Waals surface area contributed by atoms with E-state index in [9.17, 15) is 13.2 Å². The molecular weight excluding hydrogens is 496 g/mol. The summed E-state index contributed by atoms with van der Waals surface area (Å²) in [7, 11) is -3.88. The van der Waals surface area contributed by atoms with Gasteiger partial charge < -0.3 is 9.84 Å². The van der Waals surface area contributed by atoms with Gasteiger partial charge in [-0.25, -0.2) is 9.78 Å². The monoisotopic (exact) mass is 526 g/mol. The molecule has 0 bridgehead atoms. The van der Waals surface area contributed by atoms with Gasteiger partial charge in [-0.05, 0) is 93.0 Å². The Morgan fingerprint density at radius 3 is 2.53 bits per heavy atom. The van der Waals surface area contributed by atoms with Gasteiger partial charge in [-0.3, -0.25) is 4.31 Å². The molecule has 0 saturated heterocycles. The highest BCUT2D eigenvalue weighted by Gasteiger charge is 2.33. The second-order valence-corrected chi connectivity index (χ2v) is 12.1. The van der Waals surface area contributed by atoms with Crippen molar-refractivity contribution in [3.05, 3.63) is 75.3 Å². The van der Waals surface area contributed by atoms with Gasteiger partial charge in [0.15, 0.2) is 0 Å². The van der Waals surface area contributed by atoms with E-state index in [0.29, 0.717) is 17.1 Å². The molecule has 0 saturated carbocycles. The van der Waals surface area contributed by atoms with E-state index in [4.69, 9.17) is 9.84 Å². The zero-order chi connectivity index (χ0) is 26.0. The third-order valence-corrected chi connectivity index (χ3v) is 9.47. The smallest absolute Gasteiger partial charge is 0.328 e. The highest BCUT2D eigenvalue weighted by molar-refractivity contribution is 7.94. The van der Waals surface area contributed by atoms with E-state index in [2.05, 4.69) is 4.98 Å². The Hall–Kier alpha value is -3.17. The minimum atomic E-state index is -3.88. The first kappa shape index (κ1) is 25.9. The third kappa shape index (κ3) is 5.47. The fraction of sp³-hybridized carbons (Fsp3) is 0.333. The molecule has 1 aromatic heterocycles. The summed E-state index contributed by atoms with van der Waals surface area (Å²) >= 11 is 1.12. The number of carbonyl (C=O) groups is 1. The Morgan fingerprint density at radius 1 is 1.19 bits per heavy atom. The first-order valence-corrected chi connectivity index (χ1v) is 14.1. The molecule has 7 nitrogen and oxygen atoms in total. The number of carboxylic acids is 1. The van der Waals surface area contributed by atoms with Gasteiger partial charge >= 0.3 is 5.97 Å². The number of rotatable bonds is 9. The highest BCUT2D eigenvalue weighted by Crippen LogP contribution is 2.40. The van der Waals surface area contributed by atoms with Crippen LogP contribution >= 0.6 is 11.3 Å². The lowest BCUT2D eigenvalue weighted by atomic mass is 10.0.